The van der Waals surface area contributed by atoms with Crippen LogP contribution in [0.2, 0.25) is 5.02 Å². The third-order valence-electron chi connectivity index (χ3n) is 2.58. The molecule has 1 aromatic carbocycles. The quantitative estimate of drug-likeness (QED) is 0.833. The van der Waals surface area contributed by atoms with E-state index < -0.39 is 9.84 Å². The average Bonchev–Trinajstić information content (AvgIpc) is 2.29. The first-order chi connectivity index (χ1) is 8.36. The molecule has 0 fully saturated rings. The van der Waals surface area contributed by atoms with Crippen LogP contribution in [0.25, 0.3) is 0 Å². The second-order valence-electron chi connectivity index (χ2n) is 4.41. The Morgan fingerprint density at radius 3 is 2.67 bits per heavy atom. The Morgan fingerprint density at radius 2 is 2.11 bits per heavy atom. The van der Waals surface area contributed by atoms with Crippen molar-refractivity contribution in [2.24, 2.45) is 5.92 Å². The van der Waals surface area contributed by atoms with Gasteiger partial charge in [0, 0.05) is 36.5 Å². The molecule has 102 valence electrons. The first-order valence-corrected chi connectivity index (χ1v) is 7.92. The highest BCUT2D eigenvalue weighted by molar-refractivity contribution is 7.90. The van der Waals surface area contributed by atoms with Gasteiger partial charge in [0.1, 0.15) is 0 Å². The minimum atomic E-state index is -3.29. The van der Waals surface area contributed by atoms with Crippen LogP contribution in [0.15, 0.2) is 23.1 Å². The molecule has 0 spiro atoms. The van der Waals surface area contributed by atoms with Gasteiger partial charge < -0.3 is 10.4 Å². The summed E-state index contributed by atoms with van der Waals surface area (Å²) in [6.45, 7) is 2.96. The van der Waals surface area contributed by atoms with Gasteiger partial charge in [-0.15, -0.1) is 0 Å². The lowest BCUT2D eigenvalue weighted by molar-refractivity contribution is 0.233. The third kappa shape index (κ3) is 4.24. The zero-order valence-corrected chi connectivity index (χ0v) is 12.1. The summed E-state index contributed by atoms with van der Waals surface area (Å²) < 4.78 is 23.3. The molecule has 0 aliphatic rings. The highest BCUT2D eigenvalue weighted by Crippen LogP contribution is 2.23. The van der Waals surface area contributed by atoms with Gasteiger partial charge in [0.25, 0.3) is 0 Å². The van der Waals surface area contributed by atoms with Crippen molar-refractivity contribution in [1.29, 1.82) is 0 Å². The van der Waals surface area contributed by atoms with Gasteiger partial charge >= 0.3 is 0 Å². The number of nitrogens with one attached hydrogen (secondary N) is 1. The van der Waals surface area contributed by atoms with Crippen molar-refractivity contribution < 1.29 is 13.5 Å². The van der Waals surface area contributed by atoms with Crippen LogP contribution in [0.5, 0.6) is 0 Å². The molecule has 1 rings (SSSR count). The van der Waals surface area contributed by atoms with E-state index in [0.717, 1.165) is 0 Å². The van der Waals surface area contributed by atoms with Gasteiger partial charge in [-0.2, -0.15) is 0 Å². The summed E-state index contributed by atoms with van der Waals surface area (Å²) in [5.41, 5.74) is 0.576. The Hall–Kier alpha value is -0.620. The standard InChI is InChI=1S/C12H18ClNO3S/c1-9(8-15)6-14-7-10-11(13)4-3-5-12(10)18(2,16)17/h3-5,9,14-15H,6-8H2,1-2H3. The molecule has 0 radical (unpaired) electrons. The summed E-state index contributed by atoms with van der Waals surface area (Å²) in [6.07, 6.45) is 1.17. The second kappa shape index (κ2) is 6.52. The molecule has 0 bridgehead atoms. The van der Waals surface area contributed by atoms with E-state index in [1.807, 2.05) is 6.92 Å². The average molecular weight is 292 g/mol. The number of benzene rings is 1. The van der Waals surface area contributed by atoms with Crippen molar-refractivity contribution in [2.75, 3.05) is 19.4 Å². The van der Waals surface area contributed by atoms with Crippen LogP contribution in [0.3, 0.4) is 0 Å². The van der Waals surface area contributed by atoms with E-state index >= 15 is 0 Å². The fraction of sp³-hybridized carbons (Fsp3) is 0.500. The molecule has 1 aromatic rings. The zero-order chi connectivity index (χ0) is 13.8. The van der Waals surface area contributed by atoms with Gasteiger partial charge in [0.05, 0.1) is 4.90 Å². The van der Waals surface area contributed by atoms with Crippen molar-refractivity contribution in [3.63, 3.8) is 0 Å². The Bertz CT molecular complexity index is 502. The molecule has 0 aliphatic carbocycles. The molecular weight excluding hydrogens is 274 g/mol. The number of hydrogen-bond donors (Lipinski definition) is 2. The molecule has 0 heterocycles. The van der Waals surface area contributed by atoms with Crippen molar-refractivity contribution in [3.05, 3.63) is 28.8 Å². The summed E-state index contributed by atoms with van der Waals surface area (Å²) in [7, 11) is -3.29. The molecule has 6 heteroatoms. The van der Waals surface area contributed by atoms with Crippen LogP contribution in [-0.4, -0.2) is 32.9 Å². The maximum atomic E-state index is 11.6. The predicted molar refractivity (Wildman–Crippen MR) is 72.5 cm³/mol. The summed E-state index contributed by atoms with van der Waals surface area (Å²) >= 11 is 6.03. The summed E-state index contributed by atoms with van der Waals surface area (Å²) in [6, 6.07) is 4.84. The first-order valence-electron chi connectivity index (χ1n) is 5.65. The minimum Gasteiger partial charge on any atom is -0.396 e. The number of aliphatic hydroxyl groups is 1. The van der Waals surface area contributed by atoms with Crippen LogP contribution in [0.4, 0.5) is 0 Å². The van der Waals surface area contributed by atoms with Crippen molar-refractivity contribution in [3.8, 4) is 0 Å². The van der Waals surface area contributed by atoms with Crippen LogP contribution in [-0.2, 0) is 16.4 Å². The number of hydrogen-bond acceptors (Lipinski definition) is 4. The van der Waals surface area contributed by atoms with Gasteiger partial charge in [-0.3, -0.25) is 0 Å². The van der Waals surface area contributed by atoms with Gasteiger partial charge in [-0.1, -0.05) is 24.6 Å². The fourth-order valence-corrected chi connectivity index (χ4v) is 2.82. The molecule has 0 aromatic heterocycles. The molecule has 0 saturated carbocycles. The Labute approximate surface area is 113 Å². The van der Waals surface area contributed by atoms with Crippen LogP contribution in [0.1, 0.15) is 12.5 Å². The second-order valence-corrected chi connectivity index (χ2v) is 6.80. The van der Waals surface area contributed by atoms with E-state index in [2.05, 4.69) is 5.32 Å². The Morgan fingerprint density at radius 1 is 1.44 bits per heavy atom. The molecule has 1 atom stereocenters. The predicted octanol–water partition coefficient (Wildman–Crippen LogP) is 1.46. The lowest BCUT2D eigenvalue weighted by Crippen LogP contribution is -2.23. The number of aliphatic hydroxyl groups excluding tert-OH is 1. The molecule has 0 saturated heterocycles. The van der Waals surface area contributed by atoms with E-state index in [1.54, 1.807) is 18.2 Å². The van der Waals surface area contributed by atoms with Crippen LogP contribution in [0, 0.1) is 5.92 Å². The number of sulfone groups is 1. The lowest BCUT2D eigenvalue weighted by Gasteiger charge is -2.13. The minimum absolute atomic E-state index is 0.0917. The monoisotopic (exact) mass is 291 g/mol. The zero-order valence-electron chi connectivity index (χ0n) is 10.5. The number of halogens is 1. The van der Waals surface area contributed by atoms with Gasteiger partial charge in [-0.05, 0) is 18.1 Å². The summed E-state index contributed by atoms with van der Waals surface area (Å²) in [4.78, 5) is 0.249. The van der Waals surface area contributed by atoms with E-state index in [1.165, 1.54) is 6.26 Å². The number of rotatable bonds is 6. The van der Waals surface area contributed by atoms with Gasteiger partial charge in [-0.25, -0.2) is 8.42 Å². The van der Waals surface area contributed by atoms with Crippen LogP contribution >= 0.6 is 11.6 Å². The Balaban J connectivity index is 2.88. The maximum absolute atomic E-state index is 11.6. The van der Waals surface area contributed by atoms with E-state index in [-0.39, 0.29) is 17.4 Å². The molecule has 1 unspecified atom stereocenters. The molecule has 2 N–H and O–H groups in total. The van der Waals surface area contributed by atoms with Crippen molar-refractivity contribution in [2.45, 2.75) is 18.4 Å². The van der Waals surface area contributed by atoms with Crippen molar-refractivity contribution >= 4 is 21.4 Å². The fourth-order valence-electron chi connectivity index (χ4n) is 1.57. The summed E-state index contributed by atoms with van der Waals surface area (Å²) in [5, 5.41) is 12.4. The normalized spacial score (nSPS) is 13.6. The molecule has 0 aliphatic heterocycles. The highest BCUT2D eigenvalue weighted by atomic mass is 35.5. The van der Waals surface area contributed by atoms with Gasteiger partial charge in [0.15, 0.2) is 9.84 Å². The Kier molecular flexibility index (Phi) is 5.59. The van der Waals surface area contributed by atoms with Crippen LogP contribution < -0.4 is 5.32 Å². The third-order valence-corrected chi connectivity index (χ3v) is 4.12. The molecule has 4 nitrogen and oxygen atoms in total. The molecular formula is C12H18ClNO3S. The molecule has 0 amide bonds. The smallest absolute Gasteiger partial charge is 0.175 e. The topological polar surface area (TPSA) is 66.4 Å². The first kappa shape index (κ1) is 15.4. The van der Waals surface area contributed by atoms with E-state index in [0.29, 0.717) is 23.7 Å². The maximum Gasteiger partial charge on any atom is 0.175 e. The largest absolute Gasteiger partial charge is 0.396 e. The van der Waals surface area contributed by atoms with Gasteiger partial charge in [0.2, 0.25) is 0 Å². The highest BCUT2D eigenvalue weighted by Gasteiger charge is 2.15. The van der Waals surface area contributed by atoms with E-state index in [4.69, 9.17) is 16.7 Å². The SMILES string of the molecule is CC(CO)CNCc1c(Cl)cccc1S(C)(=O)=O. The van der Waals surface area contributed by atoms with E-state index in [9.17, 15) is 8.42 Å². The molecule has 18 heavy (non-hydrogen) atoms. The lowest BCUT2D eigenvalue weighted by atomic mass is 10.2. The van der Waals surface area contributed by atoms with Crippen molar-refractivity contribution in [1.82, 2.24) is 5.32 Å². The summed E-state index contributed by atoms with van der Waals surface area (Å²) in [5.74, 6) is 0.120.